The van der Waals surface area contributed by atoms with Crippen LogP contribution in [0.2, 0.25) is 0 Å². The van der Waals surface area contributed by atoms with Crippen LogP contribution >= 0.6 is 0 Å². The molecule has 0 aromatic heterocycles. The van der Waals surface area contributed by atoms with Gasteiger partial charge in [-0.1, -0.05) is 48.5 Å². The molecule has 3 N–H and O–H groups in total. The van der Waals surface area contributed by atoms with Gasteiger partial charge in [-0.05, 0) is 29.2 Å². The number of hydrogen-bond acceptors (Lipinski definition) is 3. The molecule has 0 radical (unpaired) electrons. The SMILES string of the molecule is CCOCc1ccccc1CNC(=O)NCc1ccccc1CO. The summed E-state index contributed by atoms with van der Waals surface area (Å²) in [5, 5.41) is 15.0. The highest BCUT2D eigenvalue weighted by molar-refractivity contribution is 5.73. The molecule has 5 nitrogen and oxygen atoms in total. The highest BCUT2D eigenvalue weighted by Gasteiger charge is 2.06. The molecule has 24 heavy (non-hydrogen) atoms. The summed E-state index contributed by atoms with van der Waals surface area (Å²) in [4.78, 5) is 12.0. The van der Waals surface area contributed by atoms with Gasteiger partial charge in [-0.25, -0.2) is 4.79 Å². The summed E-state index contributed by atoms with van der Waals surface area (Å²) in [7, 11) is 0. The second-order valence-corrected chi connectivity index (χ2v) is 5.37. The molecule has 0 saturated heterocycles. The lowest BCUT2D eigenvalue weighted by molar-refractivity contribution is 0.133. The molecule has 0 aliphatic carbocycles. The number of carbonyl (C=O) groups is 1. The number of carbonyl (C=O) groups excluding carboxylic acids is 1. The Bertz CT molecular complexity index is 659. The maximum absolute atomic E-state index is 12.0. The molecule has 0 fully saturated rings. The number of aliphatic hydroxyl groups is 1. The maximum atomic E-state index is 12.0. The first-order valence-corrected chi connectivity index (χ1v) is 8.08. The van der Waals surface area contributed by atoms with E-state index in [9.17, 15) is 9.90 Å². The molecule has 0 bridgehead atoms. The highest BCUT2D eigenvalue weighted by atomic mass is 16.5. The van der Waals surface area contributed by atoms with E-state index in [4.69, 9.17) is 4.74 Å². The molecule has 128 valence electrons. The van der Waals surface area contributed by atoms with E-state index >= 15 is 0 Å². The second kappa shape index (κ2) is 9.70. The van der Waals surface area contributed by atoms with Crippen molar-refractivity contribution in [3.05, 3.63) is 70.8 Å². The lowest BCUT2D eigenvalue weighted by atomic mass is 10.1. The van der Waals surface area contributed by atoms with Gasteiger partial charge < -0.3 is 20.5 Å². The normalized spacial score (nSPS) is 10.4. The summed E-state index contributed by atoms with van der Waals surface area (Å²) < 4.78 is 5.45. The molecule has 0 aliphatic rings. The van der Waals surface area contributed by atoms with E-state index in [1.165, 1.54) is 0 Å². The van der Waals surface area contributed by atoms with Gasteiger partial charge in [0.05, 0.1) is 13.2 Å². The van der Waals surface area contributed by atoms with Crippen molar-refractivity contribution in [3.63, 3.8) is 0 Å². The van der Waals surface area contributed by atoms with Crippen LogP contribution in [0, 0.1) is 0 Å². The molecule has 0 saturated carbocycles. The minimum Gasteiger partial charge on any atom is -0.392 e. The van der Waals surface area contributed by atoms with Crippen LogP contribution in [-0.4, -0.2) is 17.7 Å². The standard InChI is InChI=1S/C19H24N2O3/c1-2-24-14-18-10-6-4-8-16(18)12-21-19(23)20-11-15-7-3-5-9-17(15)13-22/h3-10,22H,2,11-14H2,1H3,(H2,20,21,23). The van der Waals surface area contributed by atoms with E-state index in [0.717, 1.165) is 22.3 Å². The van der Waals surface area contributed by atoms with E-state index in [2.05, 4.69) is 10.6 Å². The van der Waals surface area contributed by atoms with E-state index < -0.39 is 0 Å². The molecule has 2 aromatic carbocycles. The third-order valence-electron chi connectivity index (χ3n) is 3.75. The van der Waals surface area contributed by atoms with Crippen molar-refractivity contribution in [1.29, 1.82) is 0 Å². The van der Waals surface area contributed by atoms with Crippen LogP contribution in [-0.2, 0) is 31.0 Å². The minimum absolute atomic E-state index is 0.0374. The Balaban J connectivity index is 1.85. The molecular formula is C19H24N2O3. The first-order valence-electron chi connectivity index (χ1n) is 8.08. The molecule has 5 heteroatoms. The van der Waals surface area contributed by atoms with Gasteiger partial charge in [0, 0.05) is 19.7 Å². The van der Waals surface area contributed by atoms with Crippen molar-refractivity contribution in [2.75, 3.05) is 6.61 Å². The van der Waals surface area contributed by atoms with Crippen LogP contribution in [0.25, 0.3) is 0 Å². The summed E-state index contributed by atoms with van der Waals surface area (Å²) in [6.07, 6.45) is 0. The zero-order valence-corrected chi connectivity index (χ0v) is 13.9. The van der Waals surface area contributed by atoms with Crippen molar-refractivity contribution in [2.45, 2.75) is 33.2 Å². The topological polar surface area (TPSA) is 70.6 Å². The molecular weight excluding hydrogens is 304 g/mol. The lowest BCUT2D eigenvalue weighted by Crippen LogP contribution is -2.35. The van der Waals surface area contributed by atoms with Gasteiger partial charge in [-0.3, -0.25) is 0 Å². The quantitative estimate of drug-likeness (QED) is 0.698. The monoisotopic (exact) mass is 328 g/mol. The average molecular weight is 328 g/mol. The fourth-order valence-electron chi connectivity index (χ4n) is 2.38. The number of nitrogens with one attached hydrogen (secondary N) is 2. The first-order chi connectivity index (χ1) is 11.7. The Morgan fingerprint density at radius 1 is 0.917 bits per heavy atom. The number of rotatable bonds is 8. The Morgan fingerprint density at radius 2 is 1.42 bits per heavy atom. The smallest absolute Gasteiger partial charge is 0.315 e. The van der Waals surface area contributed by atoms with Gasteiger partial charge in [0.2, 0.25) is 0 Å². The van der Waals surface area contributed by atoms with E-state index in [1.807, 2.05) is 55.5 Å². The molecule has 0 unspecified atom stereocenters. The number of aliphatic hydroxyl groups excluding tert-OH is 1. The molecule has 0 atom stereocenters. The van der Waals surface area contributed by atoms with Gasteiger partial charge in [-0.2, -0.15) is 0 Å². The van der Waals surface area contributed by atoms with Gasteiger partial charge >= 0.3 is 6.03 Å². The molecule has 0 heterocycles. The van der Waals surface area contributed by atoms with Crippen molar-refractivity contribution < 1.29 is 14.6 Å². The van der Waals surface area contributed by atoms with Crippen molar-refractivity contribution in [2.24, 2.45) is 0 Å². The number of urea groups is 1. The molecule has 2 aromatic rings. The fraction of sp³-hybridized carbons (Fsp3) is 0.316. The van der Waals surface area contributed by atoms with Crippen LogP contribution in [0.3, 0.4) is 0 Å². The van der Waals surface area contributed by atoms with Crippen LogP contribution in [0.1, 0.15) is 29.2 Å². The molecule has 2 rings (SSSR count). The Labute approximate surface area is 142 Å². The first kappa shape index (κ1) is 18.0. The number of amides is 2. The number of ether oxygens (including phenoxy) is 1. The maximum Gasteiger partial charge on any atom is 0.315 e. The third kappa shape index (κ3) is 5.37. The largest absolute Gasteiger partial charge is 0.392 e. The predicted octanol–water partition coefficient (Wildman–Crippen LogP) is 2.71. The Morgan fingerprint density at radius 3 is 1.96 bits per heavy atom. The van der Waals surface area contributed by atoms with Crippen molar-refractivity contribution in [3.8, 4) is 0 Å². The number of benzene rings is 2. The van der Waals surface area contributed by atoms with E-state index in [-0.39, 0.29) is 12.6 Å². The summed E-state index contributed by atoms with van der Waals surface area (Å²) >= 11 is 0. The fourth-order valence-corrected chi connectivity index (χ4v) is 2.38. The summed E-state index contributed by atoms with van der Waals surface area (Å²) in [6, 6.07) is 15.1. The van der Waals surface area contributed by atoms with Crippen molar-refractivity contribution in [1.82, 2.24) is 10.6 Å². The van der Waals surface area contributed by atoms with Gasteiger partial charge in [0.15, 0.2) is 0 Å². The summed E-state index contributed by atoms with van der Waals surface area (Å²) in [5.74, 6) is 0. The van der Waals surface area contributed by atoms with Crippen LogP contribution < -0.4 is 10.6 Å². The van der Waals surface area contributed by atoms with Crippen LogP contribution in [0.5, 0.6) is 0 Å². The summed E-state index contributed by atoms with van der Waals surface area (Å²) in [5.41, 5.74) is 3.84. The second-order valence-electron chi connectivity index (χ2n) is 5.37. The third-order valence-corrected chi connectivity index (χ3v) is 3.75. The minimum atomic E-state index is -0.242. The molecule has 0 spiro atoms. The average Bonchev–Trinajstić information content (AvgIpc) is 2.63. The van der Waals surface area contributed by atoms with Crippen LogP contribution in [0.15, 0.2) is 48.5 Å². The van der Waals surface area contributed by atoms with Gasteiger partial charge in [0.1, 0.15) is 0 Å². The van der Waals surface area contributed by atoms with Gasteiger partial charge in [-0.15, -0.1) is 0 Å². The lowest BCUT2D eigenvalue weighted by Gasteiger charge is -2.12. The predicted molar refractivity (Wildman–Crippen MR) is 93.2 cm³/mol. The van der Waals surface area contributed by atoms with Crippen LogP contribution in [0.4, 0.5) is 4.79 Å². The molecule has 0 aliphatic heterocycles. The van der Waals surface area contributed by atoms with Gasteiger partial charge in [0.25, 0.3) is 0 Å². The van der Waals surface area contributed by atoms with E-state index in [0.29, 0.717) is 26.3 Å². The number of hydrogen-bond donors (Lipinski definition) is 3. The van der Waals surface area contributed by atoms with E-state index in [1.54, 1.807) is 0 Å². The Hall–Kier alpha value is -2.37. The Kier molecular flexibility index (Phi) is 7.26. The summed E-state index contributed by atoms with van der Waals surface area (Å²) in [6.45, 7) is 3.94. The zero-order valence-electron chi connectivity index (χ0n) is 13.9. The highest BCUT2D eigenvalue weighted by Crippen LogP contribution is 2.10. The van der Waals surface area contributed by atoms with Crippen molar-refractivity contribution >= 4 is 6.03 Å². The molecule has 2 amide bonds. The zero-order chi connectivity index (χ0) is 17.2.